The maximum absolute atomic E-state index is 12.7. The van der Waals surface area contributed by atoms with E-state index in [1.54, 1.807) is 46.2 Å². The van der Waals surface area contributed by atoms with Crippen molar-refractivity contribution in [2.75, 3.05) is 26.2 Å². The molecule has 0 aromatic heterocycles. The van der Waals surface area contributed by atoms with Gasteiger partial charge in [-0.15, -0.1) is 0 Å². The standard InChI is InChI=1S/C19H23NO5S/c1-13(2)26(22,23)16-9-6-14(7-10-16)19(21)20(3)15-8-11-17(24-4)18(12-15)25-5/h6-13H,1-5H3. The van der Waals surface area contributed by atoms with E-state index in [2.05, 4.69) is 0 Å². The summed E-state index contributed by atoms with van der Waals surface area (Å²) in [7, 11) is 1.34. The van der Waals surface area contributed by atoms with Crippen molar-refractivity contribution in [1.29, 1.82) is 0 Å². The second kappa shape index (κ2) is 7.78. The Morgan fingerprint density at radius 2 is 1.54 bits per heavy atom. The fraction of sp³-hybridized carbons (Fsp3) is 0.316. The number of ether oxygens (including phenoxy) is 2. The monoisotopic (exact) mass is 377 g/mol. The molecule has 0 aliphatic rings. The molecule has 0 aliphatic carbocycles. The molecule has 0 aliphatic heterocycles. The van der Waals surface area contributed by atoms with Crippen molar-refractivity contribution in [3.05, 3.63) is 48.0 Å². The zero-order valence-electron chi connectivity index (χ0n) is 15.5. The Labute approximate surface area is 154 Å². The molecule has 0 unspecified atom stereocenters. The molecule has 2 aromatic rings. The van der Waals surface area contributed by atoms with Gasteiger partial charge in [0.2, 0.25) is 0 Å². The van der Waals surface area contributed by atoms with Crippen molar-refractivity contribution in [3.8, 4) is 11.5 Å². The van der Waals surface area contributed by atoms with Crippen molar-refractivity contribution in [2.45, 2.75) is 24.0 Å². The van der Waals surface area contributed by atoms with Gasteiger partial charge in [0, 0.05) is 24.4 Å². The Morgan fingerprint density at radius 3 is 2.04 bits per heavy atom. The number of sulfone groups is 1. The maximum atomic E-state index is 12.7. The van der Waals surface area contributed by atoms with Gasteiger partial charge in [0.1, 0.15) is 0 Å². The first-order valence-electron chi connectivity index (χ1n) is 8.06. The van der Waals surface area contributed by atoms with Crippen LogP contribution >= 0.6 is 0 Å². The minimum atomic E-state index is -3.36. The summed E-state index contributed by atoms with van der Waals surface area (Å²) in [6.45, 7) is 3.25. The Bertz CT molecular complexity index is 889. The number of hydrogen-bond donors (Lipinski definition) is 0. The van der Waals surface area contributed by atoms with Crippen LogP contribution in [0.15, 0.2) is 47.4 Å². The van der Waals surface area contributed by atoms with Gasteiger partial charge in [0.25, 0.3) is 5.91 Å². The first kappa shape index (κ1) is 19.8. The fourth-order valence-corrected chi connectivity index (χ4v) is 3.46. The largest absolute Gasteiger partial charge is 0.493 e. The summed E-state index contributed by atoms with van der Waals surface area (Å²) in [6, 6.07) is 11.1. The highest BCUT2D eigenvalue weighted by molar-refractivity contribution is 7.92. The van der Waals surface area contributed by atoms with Gasteiger partial charge in [-0.2, -0.15) is 0 Å². The van der Waals surface area contributed by atoms with Crippen LogP contribution in [0, 0.1) is 0 Å². The molecule has 0 bridgehead atoms. The molecule has 0 saturated carbocycles. The fourth-order valence-electron chi connectivity index (χ4n) is 2.40. The van der Waals surface area contributed by atoms with E-state index in [0.29, 0.717) is 22.7 Å². The van der Waals surface area contributed by atoms with E-state index in [-0.39, 0.29) is 10.8 Å². The molecule has 0 fully saturated rings. The van der Waals surface area contributed by atoms with Crippen LogP contribution < -0.4 is 14.4 Å². The molecule has 0 spiro atoms. The van der Waals surface area contributed by atoms with Crippen LogP contribution in [0.2, 0.25) is 0 Å². The van der Waals surface area contributed by atoms with Gasteiger partial charge in [-0.05, 0) is 50.2 Å². The molecule has 2 aromatic carbocycles. The topological polar surface area (TPSA) is 72.9 Å². The third-order valence-corrected chi connectivity index (χ3v) is 6.28. The number of hydrogen-bond acceptors (Lipinski definition) is 5. The predicted octanol–water partition coefficient (Wildman–Crippen LogP) is 3.16. The third-order valence-electron chi connectivity index (χ3n) is 4.11. The van der Waals surface area contributed by atoms with Crippen molar-refractivity contribution < 1.29 is 22.7 Å². The van der Waals surface area contributed by atoms with E-state index in [4.69, 9.17) is 9.47 Å². The Hall–Kier alpha value is -2.54. The SMILES string of the molecule is COc1ccc(N(C)C(=O)c2ccc(S(=O)(=O)C(C)C)cc2)cc1OC. The average molecular weight is 377 g/mol. The first-order chi connectivity index (χ1) is 12.2. The summed E-state index contributed by atoms with van der Waals surface area (Å²) in [4.78, 5) is 14.4. The van der Waals surface area contributed by atoms with Crippen LogP contribution in [0.4, 0.5) is 5.69 Å². The Morgan fingerprint density at radius 1 is 0.962 bits per heavy atom. The van der Waals surface area contributed by atoms with Gasteiger partial charge in [0.15, 0.2) is 21.3 Å². The predicted molar refractivity (Wildman–Crippen MR) is 101 cm³/mol. The number of anilines is 1. The summed E-state index contributed by atoms with van der Waals surface area (Å²) in [5, 5.41) is -0.515. The zero-order chi connectivity index (χ0) is 19.5. The second-order valence-corrected chi connectivity index (χ2v) is 8.53. The highest BCUT2D eigenvalue weighted by Crippen LogP contribution is 2.31. The molecule has 26 heavy (non-hydrogen) atoms. The molecule has 0 N–H and O–H groups in total. The lowest BCUT2D eigenvalue weighted by atomic mass is 10.2. The maximum Gasteiger partial charge on any atom is 0.258 e. The third kappa shape index (κ3) is 3.83. The number of rotatable bonds is 6. The minimum Gasteiger partial charge on any atom is -0.493 e. The van der Waals surface area contributed by atoms with Crippen LogP contribution in [0.5, 0.6) is 11.5 Å². The quantitative estimate of drug-likeness (QED) is 0.773. The molecule has 7 heteroatoms. The van der Waals surface area contributed by atoms with Crippen LogP contribution in [-0.4, -0.2) is 40.8 Å². The van der Waals surface area contributed by atoms with E-state index >= 15 is 0 Å². The summed E-state index contributed by atoms with van der Waals surface area (Å²) in [5.41, 5.74) is 1.02. The lowest BCUT2D eigenvalue weighted by Crippen LogP contribution is -2.26. The Kier molecular flexibility index (Phi) is 5.92. The summed E-state index contributed by atoms with van der Waals surface area (Å²) in [5.74, 6) is 0.828. The Balaban J connectivity index is 2.29. The number of carbonyl (C=O) groups is 1. The van der Waals surface area contributed by atoms with Gasteiger partial charge in [0.05, 0.1) is 24.4 Å². The van der Waals surface area contributed by atoms with Crippen molar-refractivity contribution in [2.24, 2.45) is 0 Å². The number of amides is 1. The number of benzene rings is 2. The van der Waals surface area contributed by atoms with Crippen molar-refractivity contribution >= 4 is 21.4 Å². The van der Waals surface area contributed by atoms with Crippen molar-refractivity contribution in [1.82, 2.24) is 0 Å². The van der Waals surface area contributed by atoms with Crippen LogP contribution in [0.25, 0.3) is 0 Å². The lowest BCUT2D eigenvalue weighted by molar-refractivity contribution is 0.0993. The first-order valence-corrected chi connectivity index (χ1v) is 9.61. The van der Waals surface area contributed by atoms with E-state index in [9.17, 15) is 13.2 Å². The molecular weight excluding hydrogens is 354 g/mol. The number of nitrogens with zero attached hydrogens (tertiary/aromatic N) is 1. The van der Waals surface area contributed by atoms with Crippen molar-refractivity contribution in [3.63, 3.8) is 0 Å². The molecular formula is C19H23NO5S. The molecule has 6 nitrogen and oxygen atoms in total. The smallest absolute Gasteiger partial charge is 0.258 e. The van der Waals surface area contributed by atoms with E-state index < -0.39 is 15.1 Å². The zero-order valence-corrected chi connectivity index (χ0v) is 16.3. The summed E-state index contributed by atoms with van der Waals surface area (Å²) < 4.78 is 34.8. The van der Waals surface area contributed by atoms with Gasteiger partial charge in [-0.25, -0.2) is 8.42 Å². The number of carbonyl (C=O) groups excluding carboxylic acids is 1. The van der Waals surface area contributed by atoms with E-state index in [0.717, 1.165) is 0 Å². The van der Waals surface area contributed by atoms with Gasteiger partial charge >= 0.3 is 0 Å². The minimum absolute atomic E-state index is 0.206. The van der Waals surface area contributed by atoms with Crippen LogP contribution in [-0.2, 0) is 9.84 Å². The van der Waals surface area contributed by atoms with Crippen LogP contribution in [0.1, 0.15) is 24.2 Å². The van der Waals surface area contributed by atoms with E-state index in [1.165, 1.54) is 36.3 Å². The van der Waals surface area contributed by atoms with E-state index in [1.807, 2.05) is 0 Å². The summed E-state index contributed by atoms with van der Waals surface area (Å²) >= 11 is 0. The molecule has 0 saturated heterocycles. The highest BCUT2D eigenvalue weighted by Gasteiger charge is 2.20. The van der Waals surface area contributed by atoms with Gasteiger partial charge in [-0.1, -0.05) is 0 Å². The molecule has 2 rings (SSSR count). The highest BCUT2D eigenvalue weighted by atomic mass is 32.2. The molecule has 0 radical (unpaired) electrons. The van der Waals surface area contributed by atoms with Gasteiger partial charge in [-0.3, -0.25) is 4.79 Å². The lowest BCUT2D eigenvalue weighted by Gasteiger charge is -2.19. The number of methoxy groups -OCH3 is 2. The molecule has 0 atom stereocenters. The molecule has 140 valence electrons. The molecule has 1 amide bonds. The van der Waals surface area contributed by atoms with Gasteiger partial charge < -0.3 is 14.4 Å². The molecule has 0 heterocycles. The second-order valence-electron chi connectivity index (χ2n) is 6.02. The summed E-state index contributed by atoms with van der Waals surface area (Å²) in [6.07, 6.45) is 0. The normalized spacial score (nSPS) is 11.3. The van der Waals surface area contributed by atoms with Crippen LogP contribution in [0.3, 0.4) is 0 Å². The average Bonchev–Trinajstić information content (AvgIpc) is 2.66.